The molecule has 1 fully saturated rings. The first-order valence-electron chi connectivity index (χ1n) is 8.63. The molecule has 1 heterocycles. The largest absolute Gasteiger partial charge is 0.493 e. The van der Waals surface area contributed by atoms with Crippen molar-refractivity contribution in [3.63, 3.8) is 0 Å². The lowest BCUT2D eigenvalue weighted by molar-refractivity contribution is 0.134. The minimum atomic E-state index is 0.0156. The molecule has 7 heteroatoms. The first-order chi connectivity index (χ1) is 12.2. The zero-order valence-corrected chi connectivity index (χ0v) is 15.4. The SMILES string of the molecule is COCCCNC(=O)N1CCN(Cc2ccc(OC)c(OC)c2)CC1. The van der Waals surface area contributed by atoms with Crippen LogP contribution >= 0.6 is 0 Å². The lowest BCUT2D eigenvalue weighted by Crippen LogP contribution is -2.51. The Kier molecular flexibility index (Phi) is 7.81. The van der Waals surface area contributed by atoms with Crippen molar-refractivity contribution in [2.45, 2.75) is 13.0 Å². The Bertz CT molecular complexity index is 545. The predicted molar refractivity (Wildman–Crippen MR) is 96.3 cm³/mol. The summed E-state index contributed by atoms with van der Waals surface area (Å²) in [5.41, 5.74) is 1.18. The van der Waals surface area contributed by atoms with Gasteiger partial charge in [-0.15, -0.1) is 0 Å². The third-order valence-corrected chi connectivity index (χ3v) is 4.32. The van der Waals surface area contributed by atoms with Crippen LogP contribution in [0.15, 0.2) is 18.2 Å². The van der Waals surface area contributed by atoms with Gasteiger partial charge in [-0.25, -0.2) is 4.79 Å². The van der Waals surface area contributed by atoms with Crippen LogP contribution in [0.3, 0.4) is 0 Å². The Hall–Kier alpha value is -1.99. The number of urea groups is 1. The summed E-state index contributed by atoms with van der Waals surface area (Å²) in [6.45, 7) is 5.36. The smallest absolute Gasteiger partial charge is 0.317 e. The van der Waals surface area contributed by atoms with Crippen molar-refractivity contribution in [1.82, 2.24) is 15.1 Å². The summed E-state index contributed by atoms with van der Waals surface area (Å²) in [6.07, 6.45) is 0.835. The predicted octanol–water partition coefficient (Wildman–Crippen LogP) is 1.57. The maximum atomic E-state index is 12.1. The fourth-order valence-corrected chi connectivity index (χ4v) is 2.87. The molecule has 1 aromatic carbocycles. The molecular formula is C18H29N3O4. The minimum Gasteiger partial charge on any atom is -0.493 e. The minimum absolute atomic E-state index is 0.0156. The lowest BCUT2D eigenvalue weighted by atomic mass is 10.1. The van der Waals surface area contributed by atoms with Crippen molar-refractivity contribution in [2.75, 3.05) is 60.7 Å². The molecule has 0 radical (unpaired) electrons. The molecule has 2 rings (SSSR count). The highest BCUT2D eigenvalue weighted by molar-refractivity contribution is 5.74. The number of hydrogen-bond acceptors (Lipinski definition) is 5. The second-order valence-corrected chi connectivity index (χ2v) is 6.03. The van der Waals surface area contributed by atoms with Gasteiger partial charge in [0.15, 0.2) is 11.5 Å². The number of amides is 2. The second-order valence-electron chi connectivity index (χ2n) is 6.03. The topological polar surface area (TPSA) is 63.3 Å². The molecule has 1 aliphatic heterocycles. The molecule has 7 nitrogen and oxygen atoms in total. The summed E-state index contributed by atoms with van der Waals surface area (Å²) in [7, 11) is 4.95. The first kappa shape index (κ1) is 19.3. The van der Waals surface area contributed by atoms with Crippen LogP contribution in [0.5, 0.6) is 11.5 Å². The van der Waals surface area contributed by atoms with Gasteiger partial charge in [0.2, 0.25) is 0 Å². The van der Waals surface area contributed by atoms with Gasteiger partial charge in [-0.2, -0.15) is 0 Å². The summed E-state index contributed by atoms with van der Waals surface area (Å²) in [6, 6.07) is 6.00. The fraction of sp³-hybridized carbons (Fsp3) is 0.611. The maximum Gasteiger partial charge on any atom is 0.317 e. The summed E-state index contributed by atoms with van der Waals surface area (Å²) in [5.74, 6) is 1.48. The highest BCUT2D eigenvalue weighted by Crippen LogP contribution is 2.28. The number of hydrogen-bond donors (Lipinski definition) is 1. The van der Waals surface area contributed by atoms with E-state index in [0.717, 1.165) is 50.6 Å². The van der Waals surface area contributed by atoms with E-state index in [0.29, 0.717) is 13.2 Å². The van der Waals surface area contributed by atoms with Crippen molar-refractivity contribution < 1.29 is 19.0 Å². The van der Waals surface area contributed by atoms with Crippen molar-refractivity contribution in [3.8, 4) is 11.5 Å². The number of ether oxygens (including phenoxy) is 3. The van der Waals surface area contributed by atoms with Crippen LogP contribution in [0.4, 0.5) is 4.79 Å². The fourth-order valence-electron chi connectivity index (χ4n) is 2.87. The number of piperazine rings is 1. The number of benzene rings is 1. The molecule has 0 bridgehead atoms. The molecule has 0 spiro atoms. The van der Waals surface area contributed by atoms with Crippen LogP contribution in [0.25, 0.3) is 0 Å². The molecule has 0 aliphatic carbocycles. The molecule has 0 saturated carbocycles. The van der Waals surface area contributed by atoms with E-state index in [1.165, 1.54) is 5.56 Å². The van der Waals surface area contributed by atoms with Gasteiger partial charge in [0.25, 0.3) is 0 Å². The van der Waals surface area contributed by atoms with E-state index < -0.39 is 0 Å². The number of rotatable bonds is 8. The molecule has 1 aliphatic rings. The molecule has 140 valence electrons. The van der Waals surface area contributed by atoms with Gasteiger partial charge in [-0.05, 0) is 24.1 Å². The molecule has 0 aromatic heterocycles. The van der Waals surface area contributed by atoms with Gasteiger partial charge in [0.1, 0.15) is 0 Å². The summed E-state index contributed by atoms with van der Waals surface area (Å²) < 4.78 is 15.6. The molecule has 0 atom stereocenters. The summed E-state index contributed by atoms with van der Waals surface area (Å²) in [4.78, 5) is 16.3. The standard InChI is InChI=1S/C18H29N3O4/c1-23-12-4-7-19-18(22)21-10-8-20(9-11-21)14-15-5-6-16(24-2)17(13-15)25-3/h5-6,13H,4,7-12,14H2,1-3H3,(H,19,22). The first-order valence-corrected chi connectivity index (χ1v) is 8.63. The Labute approximate surface area is 149 Å². The number of carbonyl (C=O) groups excluding carboxylic acids is 1. The lowest BCUT2D eigenvalue weighted by Gasteiger charge is -2.34. The Morgan fingerprint density at radius 2 is 1.80 bits per heavy atom. The molecular weight excluding hydrogens is 322 g/mol. The average molecular weight is 351 g/mol. The van der Waals surface area contributed by atoms with E-state index in [-0.39, 0.29) is 6.03 Å². The van der Waals surface area contributed by atoms with Gasteiger partial charge in [0.05, 0.1) is 14.2 Å². The highest BCUT2D eigenvalue weighted by atomic mass is 16.5. The van der Waals surface area contributed by atoms with Crippen molar-refractivity contribution in [2.24, 2.45) is 0 Å². The third-order valence-electron chi connectivity index (χ3n) is 4.32. The van der Waals surface area contributed by atoms with Crippen LogP contribution < -0.4 is 14.8 Å². The van der Waals surface area contributed by atoms with Crippen molar-refractivity contribution in [1.29, 1.82) is 0 Å². The molecule has 0 unspecified atom stereocenters. The van der Waals surface area contributed by atoms with Crippen LogP contribution in [-0.4, -0.2) is 76.5 Å². The maximum absolute atomic E-state index is 12.1. The van der Waals surface area contributed by atoms with Gasteiger partial charge < -0.3 is 24.4 Å². The molecule has 1 N–H and O–H groups in total. The Morgan fingerprint density at radius 1 is 1.08 bits per heavy atom. The quantitative estimate of drug-likeness (QED) is 0.720. The highest BCUT2D eigenvalue weighted by Gasteiger charge is 2.21. The molecule has 1 saturated heterocycles. The van der Waals surface area contributed by atoms with Gasteiger partial charge in [0, 0.05) is 53.0 Å². The Balaban J connectivity index is 1.77. The molecule has 2 amide bonds. The van der Waals surface area contributed by atoms with E-state index in [9.17, 15) is 4.79 Å². The Morgan fingerprint density at radius 3 is 2.44 bits per heavy atom. The number of carbonyl (C=O) groups is 1. The molecule has 25 heavy (non-hydrogen) atoms. The number of nitrogens with one attached hydrogen (secondary N) is 1. The van der Waals surface area contributed by atoms with E-state index >= 15 is 0 Å². The van der Waals surface area contributed by atoms with E-state index in [4.69, 9.17) is 14.2 Å². The van der Waals surface area contributed by atoms with Crippen LogP contribution in [0, 0.1) is 0 Å². The van der Waals surface area contributed by atoms with E-state index in [2.05, 4.69) is 16.3 Å². The zero-order chi connectivity index (χ0) is 18.1. The summed E-state index contributed by atoms with van der Waals surface area (Å²) >= 11 is 0. The normalized spacial score (nSPS) is 15.1. The van der Waals surface area contributed by atoms with E-state index in [1.54, 1.807) is 21.3 Å². The van der Waals surface area contributed by atoms with Crippen LogP contribution in [-0.2, 0) is 11.3 Å². The average Bonchev–Trinajstić information content (AvgIpc) is 2.65. The van der Waals surface area contributed by atoms with Crippen LogP contribution in [0.2, 0.25) is 0 Å². The van der Waals surface area contributed by atoms with Crippen molar-refractivity contribution in [3.05, 3.63) is 23.8 Å². The number of methoxy groups -OCH3 is 3. The second kappa shape index (κ2) is 10.1. The summed E-state index contributed by atoms with van der Waals surface area (Å²) in [5, 5.41) is 2.94. The van der Waals surface area contributed by atoms with Gasteiger partial charge in [-0.3, -0.25) is 4.90 Å². The van der Waals surface area contributed by atoms with Gasteiger partial charge >= 0.3 is 6.03 Å². The van der Waals surface area contributed by atoms with Crippen LogP contribution in [0.1, 0.15) is 12.0 Å². The molecule has 1 aromatic rings. The van der Waals surface area contributed by atoms with Gasteiger partial charge in [-0.1, -0.05) is 6.07 Å². The van der Waals surface area contributed by atoms with Crippen molar-refractivity contribution >= 4 is 6.03 Å². The van der Waals surface area contributed by atoms with E-state index in [1.807, 2.05) is 17.0 Å². The third kappa shape index (κ3) is 5.79. The monoisotopic (exact) mass is 351 g/mol. The zero-order valence-electron chi connectivity index (χ0n) is 15.4. The number of nitrogens with zero attached hydrogens (tertiary/aromatic N) is 2.